The van der Waals surface area contributed by atoms with E-state index >= 15 is 0 Å². The third-order valence-electron chi connectivity index (χ3n) is 6.13. The van der Waals surface area contributed by atoms with E-state index in [9.17, 15) is 0 Å². The van der Waals surface area contributed by atoms with Gasteiger partial charge in [0, 0.05) is 56.6 Å². The van der Waals surface area contributed by atoms with Crippen LogP contribution in [0.1, 0.15) is 36.4 Å². The summed E-state index contributed by atoms with van der Waals surface area (Å²) in [7, 11) is 0. The molecule has 0 aromatic carbocycles. The minimum absolute atomic E-state index is 0.674. The van der Waals surface area contributed by atoms with Crippen molar-refractivity contribution in [1.82, 2.24) is 25.1 Å². The maximum absolute atomic E-state index is 4.56. The number of hydrogen-bond donors (Lipinski definition) is 0. The molecule has 0 amide bonds. The number of aromatic nitrogens is 4. The summed E-state index contributed by atoms with van der Waals surface area (Å²) in [6, 6.07) is 4.31. The molecule has 130 valence electrons. The molecule has 3 aliphatic rings. The van der Waals surface area contributed by atoms with Gasteiger partial charge in [-0.05, 0) is 36.3 Å². The fourth-order valence-electron chi connectivity index (χ4n) is 4.54. The van der Waals surface area contributed by atoms with Crippen molar-refractivity contribution in [2.24, 2.45) is 11.8 Å². The van der Waals surface area contributed by atoms with Crippen LogP contribution in [0.15, 0.2) is 30.9 Å². The lowest BCUT2D eigenvalue weighted by Crippen LogP contribution is -2.29. The molecule has 0 bridgehead atoms. The van der Waals surface area contributed by atoms with Gasteiger partial charge in [0.1, 0.15) is 12.1 Å². The zero-order chi connectivity index (χ0) is 16.6. The summed E-state index contributed by atoms with van der Waals surface area (Å²) >= 11 is 0. The van der Waals surface area contributed by atoms with E-state index in [1.807, 2.05) is 6.20 Å². The fourth-order valence-corrected chi connectivity index (χ4v) is 4.54. The lowest BCUT2D eigenvalue weighted by Gasteiger charge is -2.26. The molecule has 0 radical (unpaired) electrons. The zero-order valence-electron chi connectivity index (χ0n) is 14.5. The van der Waals surface area contributed by atoms with Gasteiger partial charge in [-0.3, -0.25) is 4.90 Å². The largest absolute Gasteiger partial charge is 0.356 e. The number of fused-ring (bicyclic) bond motifs is 1. The van der Waals surface area contributed by atoms with Gasteiger partial charge in [0.2, 0.25) is 0 Å². The van der Waals surface area contributed by atoms with E-state index in [-0.39, 0.29) is 0 Å². The zero-order valence-corrected chi connectivity index (χ0v) is 14.5. The molecule has 5 rings (SSSR count). The van der Waals surface area contributed by atoms with Gasteiger partial charge in [-0.15, -0.1) is 0 Å². The Bertz CT molecular complexity index is 718. The average molecular weight is 336 g/mol. The van der Waals surface area contributed by atoms with Gasteiger partial charge in [0.15, 0.2) is 0 Å². The first-order valence-electron chi connectivity index (χ1n) is 9.40. The SMILES string of the molecule is c1cc(CN2CC3CN(c4cc(C5CCC5)ncn4)CC3C2)cnn1. The summed E-state index contributed by atoms with van der Waals surface area (Å²) in [6.45, 7) is 5.57. The Morgan fingerprint density at radius 3 is 2.52 bits per heavy atom. The number of likely N-dealkylation sites (tertiary alicyclic amines) is 1. The fraction of sp³-hybridized carbons (Fsp3) is 0.579. The topological polar surface area (TPSA) is 58.0 Å². The van der Waals surface area contributed by atoms with E-state index in [4.69, 9.17) is 0 Å². The van der Waals surface area contributed by atoms with E-state index in [1.54, 1.807) is 12.5 Å². The second-order valence-corrected chi connectivity index (χ2v) is 7.80. The summed E-state index contributed by atoms with van der Waals surface area (Å²) in [5.74, 6) is 3.30. The minimum Gasteiger partial charge on any atom is -0.356 e. The van der Waals surface area contributed by atoms with Crippen LogP contribution in [-0.2, 0) is 6.54 Å². The van der Waals surface area contributed by atoms with Crippen molar-refractivity contribution in [3.63, 3.8) is 0 Å². The molecule has 25 heavy (non-hydrogen) atoms. The van der Waals surface area contributed by atoms with E-state index in [2.05, 4.69) is 42.1 Å². The van der Waals surface area contributed by atoms with Crippen LogP contribution in [0.3, 0.4) is 0 Å². The Labute approximate surface area is 148 Å². The van der Waals surface area contributed by atoms with Crippen molar-refractivity contribution in [2.75, 3.05) is 31.1 Å². The van der Waals surface area contributed by atoms with Gasteiger partial charge in [-0.1, -0.05) is 6.42 Å². The summed E-state index contributed by atoms with van der Waals surface area (Å²) in [4.78, 5) is 14.1. The molecule has 1 aliphatic carbocycles. The highest BCUT2D eigenvalue weighted by Crippen LogP contribution is 2.38. The molecule has 0 N–H and O–H groups in total. The summed E-state index contributed by atoms with van der Waals surface area (Å²) in [6.07, 6.45) is 9.35. The molecule has 2 aromatic rings. The first kappa shape index (κ1) is 15.2. The Balaban J connectivity index is 1.22. The van der Waals surface area contributed by atoms with E-state index in [1.165, 1.54) is 43.6 Å². The van der Waals surface area contributed by atoms with Gasteiger partial charge in [0.25, 0.3) is 0 Å². The summed E-state index contributed by atoms with van der Waals surface area (Å²) in [5.41, 5.74) is 2.51. The van der Waals surface area contributed by atoms with Gasteiger partial charge in [0.05, 0.1) is 6.20 Å². The molecule has 6 nitrogen and oxygen atoms in total. The lowest BCUT2D eigenvalue weighted by atomic mass is 9.83. The van der Waals surface area contributed by atoms with Crippen LogP contribution in [0.25, 0.3) is 0 Å². The van der Waals surface area contributed by atoms with Crippen molar-refractivity contribution in [2.45, 2.75) is 31.7 Å². The van der Waals surface area contributed by atoms with Gasteiger partial charge in [-0.25, -0.2) is 9.97 Å². The smallest absolute Gasteiger partial charge is 0.132 e. The molecule has 2 atom stereocenters. The summed E-state index contributed by atoms with van der Waals surface area (Å²) in [5, 5.41) is 7.85. The maximum atomic E-state index is 4.56. The number of hydrogen-bond acceptors (Lipinski definition) is 6. The molecule has 1 saturated carbocycles. The number of nitrogens with zero attached hydrogens (tertiary/aromatic N) is 6. The first-order valence-corrected chi connectivity index (χ1v) is 9.40. The van der Waals surface area contributed by atoms with Crippen molar-refractivity contribution in [3.05, 3.63) is 42.1 Å². The molecule has 4 heterocycles. The Morgan fingerprint density at radius 1 is 1.00 bits per heavy atom. The van der Waals surface area contributed by atoms with Crippen LogP contribution >= 0.6 is 0 Å². The molecule has 2 unspecified atom stereocenters. The van der Waals surface area contributed by atoms with Gasteiger partial charge >= 0.3 is 0 Å². The Hall–Kier alpha value is -2.08. The van der Waals surface area contributed by atoms with Crippen LogP contribution in [0.4, 0.5) is 5.82 Å². The standard InChI is InChI=1S/C19H24N6/c1-2-15(3-1)18-6-19(21-13-20-18)25-11-16-9-24(10-17(16)12-25)8-14-4-5-22-23-7-14/h4-7,13,15-17H,1-3,8-12H2. The quantitative estimate of drug-likeness (QED) is 0.852. The molecular formula is C19H24N6. The van der Waals surface area contributed by atoms with Crippen LogP contribution in [0.2, 0.25) is 0 Å². The monoisotopic (exact) mass is 336 g/mol. The highest BCUT2D eigenvalue weighted by atomic mass is 15.3. The molecule has 2 saturated heterocycles. The molecule has 3 fully saturated rings. The number of anilines is 1. The minimum atomic E-state index is 0.674. The normalized spacial score (nSPS) is 26.6. The maximum Gasteiger partial charge on any atom is 0.132 e. The van der Waals surface area contributed by atoms with Crippen LogP contribution < -0.4 is 4.90 Å². The van der Waals surface area contributed by atoms with E-state index < -0.39 is 0 Å². The molecule has 6 heteroatoms. The van der Waals surface area contributed by atoms with Crippen LogP contribution in [-0.4, -0.2) is 51.2 Å². The first-order chi connectivity index (χ1) is 12.3. The second kappa shape index (κ2) is 6.33. The van der Waals surface area contributed by atoms with Crippen molar-refractivity contribution >= 4 is 5.82 Å². The van der Waals surface area contributed by atoms with Crippen molar-refractivity contribution in [3.8, 4) is 0 Å². The molecule has 0 spiro atoms. The predicted octanol–water partition coefficient (Wildman–Crippen LogP) is 2.10. The van der Waals surface area contributed by atoms with Crippen molar-refractivity contribution < 1.29 is 0 Å². The second-order valence-electron chi connectivity index (χ2n) is 7.80. The van der Waals surface area contributed by atoms with Crippen molar-refractivity contribution in [1.29, 1.82) is 0 Å². The highest BCUT2D eigenvalue weighted by molar-refractivity contribution is 5.42. The highest BCUT2D eigenvalue weighted by Gasteiger charge is 2.40. The van der Waals surface area contributed by atoms with E-state index in [0.717, 1.165) is 37.3 Å². The lowest BCUT2D eigenvalue weighted by molar-refractivity contribution is 0.308. The predicted molar refractivity (Wildman–Crippen MR) is 95.1 cm³/mol. The molecule has 2 aliphatic heterocycles. The van der Waals surface area contributed by atoms with Crippen LogP contribution in [0, 0.1) is 11.8 Å². The third-order valence-corrected chi connectivity index (χ3v) is 6.13. The molecular weight excluding hydrogens is 312 g/mol. The number of rotatable bonds is 4. The van der Waals surface area contributed by atoms with Gasteiger partial charge < -0.3 is 4.90 Å². The Kier molecular flexibility index (Phi) is 3.85. The summed E-state index contributed by atoms with van der Waals surface area (Å²) < 4.78 is 0. The average Bonchev–Trinajstić information content (AvgIpc) is 3.13. The van der Waals surface area contributed by atoms with Gasteiger partial charge in [-0.2, -0.15) is 10.2 Å². The molecule has 2 aromatic heterocycles. The Morgan fingerprint density at radius 2 is 1.84 bits per heavy atom. The van der Waals surface area contributed by atoms with E-state index in [0.29, 0.717) is 5.92 Å². The third kappa shape index (κ3) is 2.99. The van der Waals surface area contributed by atoms with Crippen LogP contribution in [0.5, 0.6) is 0 Å².